The van der Waals surface area contributed by atoms with E-state index < -0.39 is 0 Å². The van der Waals surface area contributed by atoms with Crippen LogP contribution in [0.15, 0.2) is 82.7 Å². The Morgan fingerprint density at radius 1 is 0.882 bits per heavy atom. The van der Waals surface area contributed by atoms with Gasteiger partial charge in [-0.3, -0.25) is 13.9 Å². The number of hydrogen-bond donors (Lipinski definition) is 0. The van der Waals surface area contributed by atoms with E-state index in [0.717, 1.165) is 22.2 Å². The quantitative estimate of drug-likeness (QED) is 0.328. The van der Waals surface area contributed by atoms with Gasteiger partial charge >= 0.3 is 0 Å². The molecule has 0 fully saturated rings. The fourth-order valence-electron chi connectivity index (χ4n) is 4.11. The second kappa shape index (κ2) is 9.27. The largest absolute Gasteiger partial charge is 0.299 e. The van der Waals surface area contributed by atoms with E-state index in [1.165, 1.54) is 22.9 Å². The van der Waals surface area contributed by atoms with Gasteiger partial charge in [0.05, 0.1) is 22.3 Å². The lowest BCUT2D eigenvalue weighted by Crippen LogP contribution is -2.22. The molecule has 0 bridgehead atoms. The number of rotatable bonds is 6. The fraction of sp³-hybridized carbons (Fsp3) is 0.185. The van der Waals surface area contributed by atoms with E-state index in [2.05, 4.69) is 58.9 Å². The van der Waals surface area contributed by atoms with Crippen molar-refractivity contribution in [2.24, 2.45) is 7.05 Å². The number of nitrogens with zero attached hydrogens (tertiary/aromatic N) is 5. The van der Waals surface area contributed by atoms with Crippen molar-refractivity contribution in [3.05, 3.63) is 111 Å². The van der Waals surface area contributed by atoms with Gasteiger partial charge in [0, 0.05) is 13.5 Å². The van der Waals surface area contributed by atoms with E-state index in [-0.39, 0.29) is 5.56 Å². The van der Waals surface area contributed by atoms with Gasteiger partial charge in [-0.2, -0.15) is 0 Å². The third kappa shape index (κ3) is 4.26. The highest BCUT2D eigenvalue weighted by molar-refractivity contribution is 7.98. The van der Waals surface area contributed by atoms with Crippen LogP contribution in [0.4, 0.5) is 0 Å². The summed E-state index contributed by atoms with van der Waals surface area (Å²) in [5.41, 5.74) is 5.28. The van der Waals surface area contributed by atoms with E-state index in [9.17, 15) is 4.79 Å². The minimum atomic E-state index is -0.0400. The summed E-state index contributed by atoms with van der Waals surface area (Å²) in [4.78, 5) is 17.6. The highest BCUT2D eigenvalue weighted by Gasteiger charge is 2.18. The van der Waals surface area contributed by atoms with E-state index in [0.29, 0.717) is 28.9 Å². The number of aryl methyl sites for hydroxylation is 2. The Balaban J connectivity index is 1.53. The molecule has 0 amide bonds. The molecule has 34 heavy (non-hydrogen) atoms. The Kier molecular flexibility index (Phi) is 6.02. The molecule has 3 aromatic carbocycles. The number of para-hydroxylation sites is 1. The van der Waals surface area contributed by atoms with Gasteiger partial charge in [0.15, 0.2) is 5.16 Å². The Bertz CT molecular complexity index is 1540. The molecule has 0 aliphatic rings. The summed E-state index contributed by atoms with van der Waals surface area (Å²) in [5.74, 6) is 2.08. The Morgan fingerprint density at radius 3 is 2.44 bits per heavy atom. The number of hydrogen-bond acceptors (Lipinski definition) is 5. The fourth-order valence-corrected chi connectivity index (χ4v) is 5.05. The molecular formula is C27H25N5OS. The van der Waals surface area contributed by atoms with Crippen molar-refractivity contribution in [3.8, 4) is 5.69 Å². The Hall–Kier alpha value is -3.71. The molecule has 0 spiro atoms. The number of thioether (sulfide) groups is 1. The second-order valence-electron chi connectivity index (χ2n) is 8.38. The van der Waals surface area contributed by atoms with Crippen LogP contribution in [0.3, 0.4) is 0 Å². The van der Waals surface area contributed by atoms with E-state index in [1.54, 1.807) is 11.6 Å². The molecule has 0 aliphatic heterocycles. The predicted octanol–water partition coefficient (Wildman–Crippen LogP) is 5.01. The van der Waals surface area contributed by atoms with E-state index in [4.69, 9.17) is 4.98 Å². The van der Waals surface area contributed by atoms with Crippen LogP contribution in [-0.2, 0) is 19.2 Å². The topological polar surface area (TPSA) is 65.6 Å². The Labute approximate surface area is 202 Å². The third-order valence-electron chi connectivity index (χ3n) is 5.90. The van der Waals surface area contributed by atoms with Crippen LogP contribution in [-0.4, -0.2) is 24.3 Å². The van der Waals surface area contributed by atoms with Crippen molar-refractivity contribution < 1.29 is 0 Å². The minimum Gasteiger partial charge on any atom is -0.299 e. The number of aromatic nitrogens is 5. The van der Waals surface area contributed by atoms with Crippen molar-refractivity contribution >= 4 is 22.7 Å². The molecule has 0 unspecified atom stereocenters. The van der Waals surface area contributed by atoms with Gasteiger partial charge in [0.25, 0.3) is 5.56 Å². The number of benzene rings is 3. The van der Waals surface area contributed by atoms with Crippen molar-refractivity contribution in [2.45, 2.75) is 31.2 Å². The van der Waals surface area contributed by atoms with Crippen molar-refractivity contribution in [1.82, 2.24) is 24.3 Å². The number of fused-ring (bicyclic) bond motifs is 1. The minimum absolute atomic E-state index is 0.0400. The van der Waals surface area contributed by atoms with Crippen molar-refractivity contribution in [2.75, 3.05) is 0 Å². The molecule has 2 aromatic heterocycles. The lowest BCUT2D eigenvalue weighted by atomic mass is 10.1. The molecule has 0 aliphatic carbocycles. The predicted molar refractivity (Wildman–Crippen MR) is 137 cm³/mol. The molecule has 0 saturated heterocycles. The average Bonchev–Trinajstić information content (AvgIpc) is 3.23. The van der Waals surface area contributed by atoms with Crippen LogP contribution in [0.1, 0.15) is 28.3 Å². The van der Waals surface area contributed by atoms with Gasteiger partial charge in [-0.25, -0.2) is 4.98 Å². The summed E-state index contributed by atoms with van der Waals surface area (Å²) in [5, 5.41) is 10.5. The maximum atomic E-state index is 12.8. The van der Waals surface area contributed by atoms with Crippen LogP contribution in [0, 0.1) is 13.8 Å². The van der Waals surface area contributed by atoms with Crippen LogP contribution in [0.5, 0.6) is 0 Å². The normalized spacial score (nSPS) is 11.3. The van der Waals surface area contributed by atoms with Gasteiger partial charge in [-0.15, -0.1) is 10.2 Å². The van der Waals surface area contributed by atoms with Crippen molar-refractivity contribution in [1.29, 1.82) is 0 Å². The summed E-state index contributed by atoms with van der Waals surface area (Å²) < 4.78 is 3.75. The zero-order valence-corrected chi connectivity index (χ0v) is 20.2. The lowest BCUT2D eigenvalue weighted by molar-refractivity contribution is 0.781. The molecule has 2 heterocycles. The second-order valence-corrected chi connectivity index (χ2v) is 9.33. The Morgan fingerprint density at radius 2 is 1.65 bits per heavy atom. The van der Waals surface area contributed by atoms with Crippen LogP contribution >= 0.6 is 11.8 Å². The first-order valence-electron chi connectivity index (χ1n) is 11.1. The molecule has 0 N–H and O–H groups in total. The maximum absolute atomic E-state index is 12.8. The van der Waals surface area contributed by atoms with Crippen LogP contribution in [0.25, 0.3) is 16.6 Å². The van der Waals surface area contributed by atoms with Gasteiger partial charge in [-0.1, -0.05) is 71.9 Å². The average molecular weight is 468 g/mol. The van der Waals surface area contributed by atoms with E-state index in [1.807, 2.05) is 42.5 Å². The molecule has 0 radical (unpaired) electrons. The van der Waals surface area contributed by atoms with Crippen LogP contribution in [0.2, 0.25) is 0 Å². The van der Waals surface area contributed by atoms with Gasteiger partial charge in [0.1, 0.15) is 11.6 Å². The first-order chi connectivity index (χ1) is 16.5. The summed E-state index contributed by atoms with van der Waals surface area (Å²) in [6.45, 7) is 4.20. The molecule has 5 rings (SSSR count). The smallest absolute Gasteiger partial charge is 0.261 e. The monoisotopic (exact) mass is 467 g/mol. The summed E-state index contributed by atoms with van der Waals surface area (Å²) >= 11 is 1.54. The van der Waals surface area contributed by atoms with Gasteiger partial charge < -0.3 is 0 Å². The van der Waals surface area contributed by atoms with Gasteiger partial charge in [-0.05, 0) is 43.2 Å². The van der Waals surface area contributed by atoms with E-state index >= 15 is 0 Å². The SMILES string of the molecule is Cc1ccc(-n2c(Cc3ccccc3)nnc2SCc2nc3ccccc3c(=O)n2C)c(C)c1. The summed E-state index contributed by atoms with van der Waals surface area (Å²) in [6, 6.07) is 24.1. The molecule has 6 nitrogen and oxygen atoms in total. The van der Waals surface area contributed by atoms with Gasteiger partial charge in [0.2, 0.25) is 0 Å². The molecular weight excluding hydrogens is 442 g/mol. The van der Waals surface area contributed by atoms with Crippen LogP contribution < -0.4 is 5.56 Å². The zero-order valence-electron chi connectivity index (χ0n) is 19.4. The highest BCUT2D eigenvalue weighted by Crippen LogP contribution is 2.28. The lowest BCUT2D eigenvalue weighted by Gasteiger charge is -2.14. The highest BCUT2D eigenvalue weighted by atomic mass is 32.2. The molecule has 170 valence electrons. The summed E-state index contributed by atoms with van der Waals surface area (Å²) in [6.07, 6.45) is 0.675. The van der Waals surface area contributed by atoms with Crippen molar-refractivity contribution in [3.63, 3.8) is 0 Å². The molecule has 7 heteroatoms. The summed E-state index contributed by atoms with van der Waals surface area (Å²) in [7, 11) is 1.77. The third-order valence-corrected chi connectivity index (χ3v) is 6.83. The molecule has 5 aromatic rings. The molecule has 0 atom stereocenters. The molecule has 0 saturated carbocycles. The maximum Gasteiger partial charge on any atom is 0.261 e. The standard InChI is InChI=1S/C27H25N5OS/c1-18-13-14-23(19(2)15-18)32-24(16-20-9-5-4-6-10-20)29-30-27(32)34-17-25-28-22-12-8-7-11-21(22)26(33)31(25)3/h4-15H,16-17H2,1-3H3. The first kappa shape index (κ1) is 22.1. The zero-order chi connectivity index (χ0) is 23.7. The first-order valence-corrected chi connectivity index (χ1v) is 12.1.